The van der Waals surface area contributed by atoms with Crippen LogP contribution < -0.4 is 0 Å². The lowest BCUT2D eigenvalue weighted by atomic mass is 9.91. The summed E-state index contributed by atoms with van der Waals surface area (Å²) in [5, 5.41) is 0.617. The molecule has 1 saturated heterocycles. The Morgan fingerprint density at radius 2 is 2.05 bits per heavy atom. The first kappa shape index (κ1) is 13.4. The highest BCUT2D eigenvalue weighted by atomic mass is 79.9. The zero-order chi connectivity index (χ0) is 13.4. The second kappa shape index (κ2) is 5.45. The van der Waals surface area contributed by atoms with E-state index in [2.05, 4.69) is 20.8 Å². The highest BCUT2D eigenvalue weighted by Gasteiger charge is 2.37. The third-order valence-corrected chi connectivity index (χ3v) is 5.34. The molecule has 1 aliphatic carbocycles. The molecule has 1 aromatic carbocycles. The van der Waals surface area contributed by atoms with Gasteiger partial charge in [-0.1, -0.05) is 18.0 Å². The predicted molar refractivity (Wildman–Crippen MR) is 80.6 cm³/mol. The van der Waals surface area contributed by atoms with E-state index in [0.29, 0.717) is 16.6 Å². The number of carbonyl (C=O) groups is 1. The second-order valence-electron chi connectivity index (χ2n) is 5.52. The first-order chi connectivity index (χ1) is 9.16. The first-order valence-corrected chi connectivity index (χ1v) is 8.10. The molecule has 2 atom stereocenters. The van der Waals surface area contributed by atoms with Crippen molar-refractivity contribution in [3.8, 4) is 0 Å². The lowest BCUT2D eigenvalue weighted by Gasteiger charge is -2.38. The monoisotopic (exact) mass is 341 g/mol. The Labute approximate surface area is 127 Å². The largest absolute Gasteiger partial charge is 0.335 e. The maximum atomic E-state index is 12.8. The van der Waals surface area contributed by atoms with Gasteiger partial charge in [-0.05, 0) is 65.7 Å². The van der Waals surface area contributed by atoms with Crippen molar-refractivity contribution in [3.05, 3.63) is 33.3 Å². The van der Waals surface area contributed by atoms with Gasteiger partial charge in [0, 0.05) is 22.1 Å². The number of piperidine rings is 1. The van der Waals surface area contributed by atoms with Crippen LogP contribution in [0.25, 0.3) is 0 Å². The summed E-state index contributed by atoms with van der Waals surface area (Å²) in [5.41, 5.74) is 0.694. The molecule has 1 amide bonds. The Kier molecular flexibility index (Phi) is 3.86. The Balaban J connectivity index is 1.88. The third-order valence-electron chi connectivity index (χ3n) is 4.41. The van der Waals surface area contributed by atoms with Crippen LogP contribution in [0, 0.1) is 5.92 Å². The Hall–Kier alpha value is -0.540. The molecule has 1 heterocycles. The van der Waals surface area contributed by atoms with Gasteiger partial charge in [-0.15, -0.1) is 0 Å². The van der Waals surface area contributed by atoms with Crippen LogP contribution in [0.15, 0.2) is 22.7 Å². The number of carbonyl (C=O) groups excluding carboxylic acids is 1. The molecule has 2 fully saturated rings. The highest BCUT2D eigenvalue weighted by molar-refractivity contribution is 9.10. The van der Waals surface area contributed by atoms with Crippen molar-refractivity contribution in [1.29, 1.82) is 0 Å². The van der Waals surface area contributed by atoms with Crippen molar-refractivity contribution in [1.82, 2.24) is 4.90 Å². The fourth-order valence-electron chi connectivity index (χ4n) is 3.52. The summed E-state index contributed by atoms with van der Waals surface area (Å²) in [4.78, 5) is 14.8. The van der Waals surface area contributed by atoms with E-state index in [0.717, 1.165) is 29.8 Å². The average Bonchev–Trinajstić information content (AvgIpc) is 2.89. The molecule has 0 N–H and O–H groups in total. The first-order valence-electron chi connectivity index (χ1n) is 6.93. The molecule has 0 radical (unpaired) electrons. The Morgan fingerprint density at radius 1 is 1.26 bits per heavy atom. The molecule has 4 heteroatoms. The average molecular weight is 343 g/mol. The minimum atomic E-state index is 0.131. The minimum Gasteiger partial charge on any atom is -0.335 e. The summed E-state index contributed by atoms with van der Waals surface area (Å²) in [6.45, 7) is 0.888. The summed E-state index contributed by atoms with van der Waals surface area (Å²) in [5.74, 6) is 0.849. The van der Waals surface area contributed by atoms with Gasteiger partial charge in [-0.25, -0.2) is 0 Å². The predicted octanol–water partition coefficient (Wildman–Crippen LogP) is 4.51. The van der Waals surface area contributed by atoms with Gasteiger partial charge in [0.15, 0.2) is 0 Å². The van der Waals surface area contributed by atoms with Crippen molar-refractivity contribution in [2.45, 2.75) is 38.1 Å². The van der Waals surface area contributed by atoms with Crippen molar-refractivity contribution < 1.29 is 4.79 Å². The Morgan fingerprint density at radius 3 is 2.89 bits per heavy atom. The highest BCUT2D eigenvalue weighted by Crippen LogP contribution is 2.38. The number of amides is 1. The van der Waals surface area contributed by atoms with Gasteiger partial charge in [0.1, 0.15) is 0 Å². The lowest BCUT2D eigenvalue weighted by molar-refractivity contribution is 0.0547. The van der Waals surface area contributed by atoms with Crippen molar-refractivity contribution in [2.75, 3.05) is 6.54 Å². The van der Waals surface area contributed by atoms with Gasteiger partial charge in [0.2, 0.25) is 0 Å². The van der Waals surface area contributed by atoms with E-state index < -0.39 is 0 Å². The van der Waals surface area contributed by atoms with Crippen LogP contribution in [0.2, 0.25) is 5.02 Å². The molecule has 0 spiro atoms. The van der Waals surface area contributed by atoms with Crippen molar-refractivity contribution in [3.63, 3.8) is 0 Å². The topological polar surface area (TPSA) is 20.3 Å². The van der Waals surface area contributed by atoms with Crippen molar-refractivity contribution >= 4 is 33.4 Å². The van der Waals surface area contributed by atoms with Crippen LogP contribution >= 0.6 is 27.5 Å². The fraction of sp³-hybridized carbons (Fsp3) is 0.533. The van der Waals surface area contributed by atoms with Crippen molar-refractivity contribution in [2.24, 2.45) is 5.92 Å². The van der Waals surface area contributed by atoms with E-state index in [9.17, 15) is 4.79 Å². The van der Waals surface area contributed by atoms with E-state index in [4.69, 9.17) is 11.6 Å². The van der Waals surface area contributed by atoms with Gasteiger partial charge in [0.05, 0.1) is 5.56 Å². The molecule has 0 aromatic heterocycles. The normalized spacial score (nSPS) is 26.3. The molecular weight excluding hydrogens is 326 g/mol. The van der Waals surface area contributed by atoms with Crippen LogP contribution in [0.4, 0.5) is 0 Å². The standard InChI is InChI=1S/C15H17BrClNO/c16-13-7-6-11(17)9-12(13)15(19)18-8-2-4-10-3-1-5-14(10)18/h6-7,9-10,14H,1-5,8H2. The number of benzene rings is 1. The molecule has 2 unspecified atom stereocenters. The van der Waals surface area contributed by atoms with Crippen LogP contribution in [-0.4, -0.2) is 23.4 Å². The molecule has 1 aromatic rings. The van der Waals surface area contributed by atoms with Crippen LogP contribution in [-0.2, 0) is 0 Å². The molecule has 2 nitrogen and oxygen atoms in total. The van der Waals surface area contributed by atoms with Crippen LogP contribution in [0.1, 0.15) is 42.5 Å². The maximum Gasteiger partial charge on any atom is 0.255 e. The molecule has 2 aliphatic rings. The second-order valence-corrected chi connectivity index (χ2v) is 6.81. The van der Waals surface area contributed by atoms with Gasteiger partial charge < -0.3 is 4.90 Å². The van der Waals surface area contributed by atoms with Gasteiger partial charge in [0.25, 0.3) is 5.91 Å². The molecule has 3 rings (SSSR count). The summed E-state index contributed by atoms with van der Waals surface area (Å²) < 4.78 is 0.835. The number of rotatable bonds is 1. The quantitative estimate of drug-likeness (QED) is 0.735. The number of likely N-dealkylation sites (tertiary alicyclic amines) is 1. The number of halogens is 2. The molecule has 19 heavy (non-hydrogen) atoms. The van der Waals surface area contributed by atoms with Crippen LogP contribution in [0.5, 0.6) is 0 Å². The van der Waals surface area contributed by atoms with E-state index in [1.54, 1.807) is 12.1 Å². The number of nitrogens with zero attached hydrogens (tertiary/aromatic N) is 1. The SMILES string of the molecule is O=C(c1cc(Cl)ccc1Br)N1CCCC2CCCC21. The maximum absolute atomic E-state index is 12.8. The fourth-order valence-corrected chi connectivity index (χ4v) is 4.11. The molecule has 102 valence electrons. The zero-order valence-corrected chi connectivity index (χ0v) is 13.1. The molecular formula is C15H17BrClNO. The summed E-state index contributed by atoms with van der Waals surface area (Å²) in [7, 11) is 0. The number of hydrogen-bond donors (Lipinski definition) is 0. The Bertz CT molecular complexity index is 505. The van der Waals surface area contributed by atoms with E-state index in [-0.39, 0.29) is 5.91 Å². The molecule has 0 bridgehead atoms. The number of hydrogen-bond acceptors (Lipinski definition) is 1. The van der Waals surface area contributed by atoms with Gasteiger partial charge in [-0.2, -0.15) is 0 Å². The number of fused-ring (bicyclic) bond motifs is 1. The summed E-state index contributed by atoms with van der Waals surface area (Å²) in [6.07, 6.45) is 6.12. The smallest absolute Gasteiger partial charge is 0.255 e. The lowest BCUT2D eigenvalue weighted by Crippen LogP contribution is -2.46. The zero-order valence-electron chi connectivity index (χ0n) is 10.7. The molecule has 1 saturated carbocycles. The van der Waals surface area contributed by atoms with E-state index in [1.165, 1.54) is 19.3 Å². The van der Waals surface area contributed by atoms with E-state index in [1.807, 2.05) is 6.07 Å². The van der Waals surface area contributed by atoms with Gasteiger partial charge in [-0.3, -0.25) is 4.79 Å². The van der Waals surface area contributed by atoms with Gasteiger partial charge >= 0.3 is 0 Å². The van der Waals surface area contributed by atoms with E-state index >= 15 is 0 Å². The summed E-state index contributed by atoms with van der Waals surface area (Å²) in [6, 6.07) is 5.88. The van der Waals surface area contributed by atoms with Crippen LogP contribution in [0.3, 0.4) is 0 Å². The summed E-state index contributed by atoms with van der Waals surface area (Å²) >= 11 is 9.48. The molecule has 1 aliphatic heterocycles. The third kappa shape index (κ3) is 2.55. The minimum absolute atomic E-state index is 0.131.